The normalized spacial score (nSPS) is 14.0. The molecule has 12 heteroatoms. The highest BCUT2D eigenvalue weighted by molar-refractivity contribution is 8.76. The average molecular weight is 485 g/mol. The first-order chi connectivity index (χ1) is 14.8. The number of aliphatic carboxylic acids is 1. The molecule has 0 radical (unpaired) electrons. The number of hydrogen-bond acceptors (Lipinski definition) is 9. The van der Waals surface area contributed by atoms with Crippen molar-refractivity contribution >= 4 is 49.2 Å². The lowest BCUT2D eigenvalue weighted by atomic mass is 10.2. The van der Waals surface area contributed by atoms with Gasteiger partial charge in [-0.1, -0.05) is 28.5 Å². The Bertz CT molecular complexity index is 1060. The number of benzene rings is 1. The summed E-state index contributed by atoms with van der Waals surface area (Å²) in [6.45, 7) is 2.35. The Labute approximate surface area is 187 Å². The fourth-order valence-corrected chi connectivity index (χ4v) is 5.70. The first-order valence-electron chi connectivity index (χ1n) is 9.15. The summed E-state index contributed by atoms with van der Waals surface area (Å²) in [5.74, 6) is -0.0879. The van der Waals surface area contributed by atoms with Crippen LogP contribution < -0.4 is 14.2 Å². The fourth-order valence-electron chi connectivity index (χ4n) is 2.41. The quantitative estimate of drug-likeness (QED) is 0.295. The third kappa shape index (κ3) is 6.28. The molecule has 0 aliphatic carbocycles. The predicted molar refractivity (Wildman–Crippen MR) is 119 cm³/mol. The largest absolute Gasteiger partial charge is 0.486 e. The number of nitrogens with zero attached hydrogens (tertiary/aromatic N) is 1. The van der Waals surface area contributed by atoms with E-state index < -0.39 is 21.9 Å². The molecule has 1 aliphatic rings. The summed E-state index contributed by atoms with van der Waals surface area (Å²) in [6.07, 6.45) is 1.30. The fraction of sp³-hybridized carbons (Fsp3) is 0.316. The van der Waals surface area contributed by atoms with E-state index in [0.29, 0.717) is 36.0 Å². The van der Waals surface area contributed by atoms with Crippen molar-refractivity contribution < 1.29 is 32.6 Å². The van der Waals surface area contributed by atoms with E-state index in [1.165, 1.54) is 58.1 Å². The maximum absolute atomic E-state index is 12.6. The molecule has 1 aromatic heterocycles. The zero-order valence-electron chi connectivity index (χ0n) is 16.4. The number of sulfonamides is 1. The van der Waals surface area contributed by atoms with Gasteiger partial charge < -0.3 is 14.6 Å². The number of hydrogen-bond donors (Lipinski definition) is 2. The summed E-state index contributed by atoms with van der Waals surface area (Å²) in [5.41, 5.74) is 0.335. The van der Waals surface area contributed by atoms with E-state index in [4.69, 9.17) is 14.6 Å². The molecule has 2 aromatic rings. The number of carboxylic acid groups (broad SMARTS) is 1. The summed E-state index contributed by atoms with van der Waals surface area (Å²) >= 11 is 0. The molecule has 1 atom stereocenters. The van der Waals surface area contributed by atoms with E-state index in [1.54, 1.807) is 6.92 Å². The van der Waals surface area contributed by atoms with Crippen LogP contribution in [-0.4, -0.2) is 55.0 Å². The highest BCUT2D eigenvalue weighted by Crippen LogP contribution is 2.32. The molecule has 2 heterocycles. The van der Waals surface area contributed by atoms with Crippen LogP contribution in [-0.2, 0) is 14.8 Å². The van der Waals surface area contributed by atoms with Gasteiger partial charge in [-0.05, 0) is 24.3 Å². The number of carbonyl (C=O) groups is 2. The molecule has 0 amide bonds. The maximum atomic E-state index is 12.6. The van der Waals surface area contributed by atoms with Gasteiger partial charge in [0.15, 0.2) is 17.3 Å². The van der Waals surface area contributed by atoms with Crippen molar-refractivity contribution in [3.8, 4) is 11.5 Å². The molecule has 1 unspecified atom stereocenters. The van der Waals surface area contributed by atoms with Gasteiger partial charge in [-0.2, -0.15) is 0 Å². The number of nitrogens with one attached hydrogen (secondary N) is 1. The number of Topliss-reactive ketones (excluding diaryl/α,β-unsaturated/α-hetero) is 1. The van der Waals surface area contributed by atoms with Crippen LogP contribution >= 0.6 is 21.6 Å². The SMILES string of the molecule is CC(CSSCC(=O)c1ccc(NS(=O)(=O)c2ccc3c(c2)OCCO3)nc1)C(=O)O. The van der Waals surface area contributed by atoms with Gasteiger partial charge in [0.2, 0.25) is 0 Å². The summed E-state index contributed by atoms with van der Waals surface area (Å²) in [6, 6.07) is 7.23. The molecule has 0 saturated heterocycles. The highest BCUT2D eigenvalue weighted by atomic mass is 33.1. The molecule has 0 saturated carbocycles. The molecule has 1 aliphatic heterocycles. The van der Waals surface area contributed by atoms with Gasteiger partial charge in [0.05, 0.1) is 16.6 Å². The zero-order chi connectivity index (χ0) is 22.4. The molecule has 3 rings (SSSR count). The first kappa shape index (κ1) is 23.2. The third-order valence-corrected chi connectivity index (χ3v) is 7.96. The van der Waals surface area contributed by atoms with E-state index in [1.807, 2.05) is 0 Å². The topological polar surface area (TPSA) is 132 Å². The molecular weight excluding hydrogens is 464 g/mol. The molecule has 166 valence electrons. The van der Waals surface area contributed by atoms with E-state index in [-0.39, 0.29) is 22.2 Å². The van der Waals surface area contributed by atoms with Crippen molar-refractivity contribution in [2.75, 3.05) is 29.4 Å². The highest BCUT2D eigenvalue weighted by Gasteiger charge is 2.20. The lowest BCUT2D eigenvalue weighted by Gasteiger charge is -2.19. The number of aromatic nitrogens is 1. The van der Waals surface area contributed by atoms with Crippen LogP contribution in [0.3, 0.4) is 0 Å². The van der Waals surface area contributed by atoms with Crippen LogP contribution in [0.2, 0.25) is 0 Å². The van der Waals surface area contributed by atoms with Gasteiger partial charge in [0.1, 0.15) is 19.0 Å². The minimum absolute atomic E-state index is 0.00252. The van der Waals surface area contributed by atoms with E-state index in [2.05, 4.69) is 9.71 Å². The number of carboxylic acids is 1. The van der Waals surface area contributed by atoms with Gasteiger partial charge in [0.25, 0.3) is 10.0 Å². The summed E-state index contributed by atoms with van der Waals surface area (Å²) < 4.78 is 38.4. The predicted octanol–water partition coefficient (Wildman–Crippen LogP) is 2.94. The third-order valence-electron chi connectivity index (χ3n) is 4.16. The molecule has 1 aromatic carbocycles. The van der Waals surface area contributed by atoms with Gasteiger partial charge in [-0.15, -0.1) is 0 Å². The Morgan fingerprint density at radius 2 is 1.90 bits per heavy atom. The monoisotopic (exact) mass is 484 g/mol. The second-order valence-corrected chi connectivity index (χ2v) is 10.7. The van der Waals surface area contributed by atoms with Crippen molar-refractivity contribution in [1.82, 2.24) is 4.98 Å². The van der Waals surface area contributed by atoms with Crippen molar-refractivity contribution in [3.05, 3.63) is 42.1 Å². The van der Waals surface area contributed by atoms with Crippen LogP contribution in [0.15, 0.2) is 41.4 Å². The van der Waals surface area contributed by atoms with Crippen LogP contribution in [0.4, 0.5) is 5.82 Å². The van der Waals surface area contributed by atoms with Crippen LogP contribution in [0, 0.1) is 5.92 Å². The minimum Gasteiger partial charge on any atom is -0.486 e. The maximum Gasteiger partial charge on any atom is 0.307 e. The average Bonchev–Trinajstić information content (AvgIpc) is 2.76. The van der Waals surface area contributed by atoms with Gasteiger partial charge in [0, 0.05) is 23.6 Å². The van der Waals surface area contributed by atoms with Gasteiger partial charge in [-0.3, -0.25) is 14.3 Å². The van der Waals surface area contributed by atoms with E-state index in [0.717, 1.165) is 0 Å². The number of pyridine rings is 1. The molecule has 31 heavy (non-hydrogen) atoms. The summed E-state index contributed by atoms with van der Waals surface area (Å²) in [5, 5.41) is 8.84. The van der Waals surface area contributed by atoms with Crippen molar-refractivity contribution in [1.29, 1.82) is 0 Å². The standard InChI is InChI=1S/C19H20N2O7S3/c1-12(19(23)24)10-29-30-11-15(22)13-2-5-18(20-9-13)21-31(25,26)14-3-4-16-17(8-14)28-7-6-27-16/h2-5,8-9,12H,6-7,10-11H2,1H3,(H,20,21)(H,23,24). The van der Waals surface area contributed by atoms with E-state index >= 15 is 0 Å². The molecule has 0 spiro atoms. The number of fused-ring (bicyclic) bond motifs is 1. The number of ether oxygens (including phenoxy) is 2. The number of anilines is 1. The second kappa shape index (κ2) is 10.2. The first-order valence-corrected chi connectivity index (χ1v) is 13.1. The van der Waals surface area contributed by atoms with Crippen molar-refractivity contribution in [2.24, 2.45) is 5.92 Å². The number of rotatable bonds is 10. The second-order valence-electron chi connectivity index (χ2n) is 6.55. The Kier molecular flexibility index (Phi) is 7.68. The number of carbonyl (C=O) groups excluding carboxylic acids is 1. The lowest BCUT2D eigenvalue weighted by molar-refractivity contribution is -0.140. The molecule has 0 fully saturated rings. The van der Waals surface area contributed by atoms with Crippen LogP contribution in [0.5, 0.6) is 11.5 Å². The zero-order valence-corrected chi connectivity index (χ0v) is 18.9. The molecule has 0 bridgehead atoms. The molecule has 2 N–H and O–H groups in total. The van der Waals surface area contributed by atoms with Crippen molar-refractivity contribution in [3.63, 3.8) is 0 Å². The number of ketones is 1. The smallest absolute Gasteiger partial charge is 0.307 e. The lowest BCUT2D eigenvalue weighted by Crippen LogP contribution is -2.17. The van der Waals surface area contributed by atoms with Gasteiger partial charge >= 0.3 is 5.97 Å². The van der Waals surface area contributed by atoms with Crippen LogP contribution in [0.25, 0.3) is 0 Å². The van der Waals surface area contributed by atoms with Crippen LogP contribution in [0.1, 0.15) is 17.3 Å². The Morgan fingerprint density at radius 1 is 1.16 bits per heavy atom. The minimum atomic E-state index is -3.90. The summed E-state index contributed by atoms with van der Waals surface area (Å²) in [7, 11) is -1.32. The Hall–Kier alpha value is -2.44. The summed E-state index contributed by atoms with van der Waals surface area (Å²) in [4.78, 5) is 27.0. The molecule has 9 nitrogen and oxygen atoms in total. The molecular formula is C19H20N2O7S3. The van der Waals surface area contributed by atoms with E-state index in [9.17, 15) is 18.0 Å². The Morgan fingerprint density at radius 3 is 2.58 bits per heavy atom. The van der Waals surface area contributed by atoms with Crippen molar-refractivity contribution in [2.45, 2.75) is 11.8 Å². The Balaban J connectivity index is 1.57. The van der Waals surface area contributed by atoms with Gasteiger partial charge in [-0.25, -0.2) is 13.4 Å².